The number of aliphatic hydroxyl groups excluding tert-OH is 1. The quantitative estimate of drug-likeness (QED) is 0.890. The van der Waals surface area contributed by atoms with Crippen LogP contribution in [0, 0.1) is 12.7 Å². The second-order valence-electron chi connectivity index (χ2n) is 4.77. The van der Waals surface area contributed by atoms with Crippen LogP contribution in [0.1, 0.15) is 35.2 Å². The van der Waals surface area contributed by atoms with Crippen molar-refractivity contribution in [3.63, 3.8) is 0 Å². The molecular weight excluding hydrogens is 233 g/mol. The highest BCUT2D eigenvalue weighted by Gasteiger charge is 2.29. The largest absolute Gasteiger partial charge is 0.395 e. The Morgan fingerprint density at radius 2 is 2.22 bits per heavy atom. The molecular formula is C14H18FNO2. The maximum atomic E-state index is 13.2. The Kier molecular flexibility index (Phi) is 3.97. The molecule has 2 rings (SSSR count). The molecule has 0 radical (unpaired) electrons. The van der Waals surface area contributed by atoms with Gasteiger partial charge in [0, 0.05) is 18.2 Å². The average molecular weight is 251 g/mol. The first-order valence-electron chi connectivity index (χ1n) is 6.31. The van der Waals surface area contributed by atoms with Crippen molar-refractivity contribution in [2.75, 3.05) is 13.2 Å². The zero-order valence-electron chi connectivity index (χ0n) is 10.5. The molecule has 98 valence electrons. The van der Waals surface area contributed by atoms with Crippen LogP contribution in [0.25, 0.3) is 0 Å². The summed E-state index contributed by atoms with van der Waals surface area (Å²) in [4.78, 5) is 14.0. The molecule has 1 aliphatic carbocycles. The van der Waals surface area contributed by atoms with Crippen molar-refractivity contribution >= 4 is 5.91 Å². The monoisotopic (exact) mass is 251 g/mol. The Balaban J connectivity index is 2.18. The minimum Gasteiger partial charge on any atom is -0.395 e. The highest BCUT2D eigenvalue weighted by atomic mass is 19.1. The molecule has 18 heavy (non-hydrogen) atoms. The van der Waals surface area contributed by atoms with E-state index < -0.39 is 0 Å². The fourth-order valence-corrected chi connectivity index (χ4v) is 2.20. The van der Waals surface area contributed by atoms with Crippen molar-refractivity contribution in [2.24, 2.45) is 0 Å². The minimum atomic E-state index is -0.302. The van der Waals surface area contributed by atoms with Crippen LogP contribution >= 0.6 is 0 Å². The average Bonchev–Trinajstić information content (AvgIpc) is 2.29. The van der Waals surface area contributed by atoms with Crippen molar-refractivity contribution in [2.45, 2.75) is 32.2 Å². The Hall–Kier alpha value is -1.42. The van der Waals surface area contributed by atoms with Crippen molar-refractivity contribution < 1.29 is 14.3 Å². The summed E-state index contributed by atoms with van der Waals surface area (Å²) in [5.41, 5.74) is 0.965. The Morgan fingerprint density at radius 1 is 1.50 bits per heavy atom. The van der Waals surface area contributed by atoms with Crippen LogP contribution in [0.2, 0.25) is 0 Å². The van der Waals surface area contributed by atoms with Crippen molar-refractivity contribution in [3.05, 3.63) is 35.1 Å². The van der Waals surface area contributed by atoms with Crippen LogP contribution in [0.3, 0.4) is 0 Å². The zero-order chi connectivity index (χ0) is 13.1. The maximum Gasteiger partial charge on any atom is 0.254 e. The predicted molar refractivity (Wildman–Crippen MR) is 66.9 cm³/mol. The molecule has 0 aromatic heterocycles. The first-order valence-corrected chi connectivity index (χ1v) is 6.31. The summed E-state index contributed by atoms with van der Waals surface area (Å²) in [7, 11) is 0. The number of amides is 1. The number of carbonyl (C=O) groups excluding carboxylic acids is 1. The Bertz CT molecular complexity index is 443. The van der Waals surface area contributed by atoms with E-state index in [-0.39, 0.29) is 24.4 Å². The lowest BCUT2D eigenvalue weighted by Gasteiger charge is -2.37. The zero-order valence-corrected chi connectivity index (χ0v) is 10.5. The summed E-state index contributed by atoms with van der Waals surface area (Å²) in [6.45, 7) is 1.95. The lowest BCUT2D eigenvalue weighted by atomic mass is 9.91. The summed E-state index contributed by atoms with van der Waals surface area (Å²) < 4.78 is 13.2. The van der Waals surface area contributed by atoms with Gasteiger partial charge >= 0.3 is 0 Å². The topological polar surface area (TPSA) is 40.5 Å². The number of aliphatic hydroxyl groups is 1. The molecule has 3 nitrogen and oxygen atoms in total. The fourth-order valence-electron chi connectivity index (χ4n) is 2.20. The van der Waals surface area contributed by atoms with Gasteiger partial charge in [0.2, 0.25) is 0 Å². The molecule has 1 aromatic carbocycles. The van der Waals surface area contributed by atoms with E-state index >= 15 is 0 Å². The van der Waals surface area contributed by atoms with Gasteiger partial charge in [0.05, 0.1) is 6.61 Å². The molecule has 1 fully saturated rings. The normalized spacial score (nSPS) is 15.3. The molecule has 0 heterocycles. The third-order valence-corrected chi connectivity index (χ3v) is 3.52. The van der Waals surface area contributed by atoms with Gasteiger partial charge in [-0.2, -0.15) is 0 Å². The van der Waals surface area contributed by atoms with Crippen LogP contribution in [0.4, 0.5) is 4.39 Å². The Labute approximate surface area is 106 Å². The summed E-state index contributed by atoms with van der Waals surface area (Å²) in [6, 6.07) is 4.63. The van der Waals surface area contributed by atoms with Crippen LogP contribution in [-0.2, 0) is 0 Å². The summed E-state index contributed by atoms with van der Waals surface area (Å²) in [6.07, 6.45) is 3.11. The van der Waals surface area contributed by atoms with E-state index in [0.717, 1.165) is 19.3 Å². The van der Waals surface area contributed by atoms with Crippen LogP contribution < -0.4 is 0 Å². The van der Waals surface area contributed by atoms with E-state index in [9.17, 15) is 9.18 Å². The van der Waals surface area contributed by atoms with E-state index in [0.29, 0.717) is 17.7 Å². The SMILES string of the molecule is Cc1cc(C(=O)N(CCO)C2CCC2)ccc1F. The number of nitrogens with zero attached hydrogens (tertiary/aromatic N) is 1. The van der Waals surface area contributed by atoms with Crippen molar-refractivity contribution in [1.82, 2.24) is 4.90 Å². The molecule has 1 N–H and O–H groups in total. The summed E-state index contributed by atoms with van der Waals surface area (Å²) in [5.74, 6) is -0.416. The molecule has 0 aliphatic heterocycles. The van der Waals surface area contributed by atoms with Crippen molar-refractivity contribution in [1.29, 1.82) is 0 Å². The molecule has 0 spiro atoms. The number of aryl methyl sites for hydroxylation is 1. The fraction of sp³-hybridized carbons (Fsp3) is 0.500. The molecule has 0 atom stereocenters. The van der Waals surface area contributed by atoms with Gasteiger partial charge in [-0.3, -0.25) is 4.79 Å². The Morgan fingerprint density at radius 3 is 2.72 bits per heavy atom. The van der Waals surface area contributed by atoms with Gasteiger partial charge in [0.25, 0.3) is 5.91 Å². The van der Waals surface area contributed by atoms with Gasteiger partial charge < -0.3 is 10.0 Å². The van der Waals surface area contributed by atoms with Crippen LogP contribution in [0.5, 0.6) is 0 Å². The lowest BCUT2D eigenvalue weighted by molar-refractivity contribution is 0.0525. The maximum absolute atomic E-state index is 13.2. The highest BCUT2D eigenvalue weighted by Crippen LogP contribution is 2.26. The molecule has 0 unspecified atom stereocenters. The molecule has 1 amide bonds. The van der Waals surface area contributed by atoms with E-state index in [4.69, 9.17) is 5.11 Å². The first kappa shape index (κ1) is 13.0. The number of hydrogen-bond acceptors (Lipinski definition) is 2. The third kappa shape index (κ3) is 2.53. The predicted octanol–water partition coefficient (Wildman–Crippen LogP) is 2.12. The second-order valence-corrected chi connectivity index (χ2v) is 4.77. The molecule has 1 aromatic rings. The number of benzene rings is 1. The van der Waals surface area contributed by atoms with Gasteiger partial charge in [-0.25, -0.2) is 4.39 Å². The minimum absolute atomic E-state index is 0.0393. The summed E-state index contributed by atoms with van der Waals surface area (Å²) >= 11 is 0. The van der Waals surface area contributed by atoms with E-state index in [1.54, 1.807) is 17.9 Å². The van der Waals surface area contributed by atoms with Gasteiger partial charge in [0.1, 0.15) is 5.82 Å². The van der Waals surface area contributed by atoms with Crippen LogP contribution in [0.15, 0.2) is 18.2 Å². The molecule has 0 saturated heterocycles. The smallest absolute Gasteiger partial charge is 0.254 e. The molecule has 1 aliphatic rings. The molecule has 4 heteroatoms. The molecule has 1 saturated carbocycles. The third-order valence-electron chi connectivity index (χ3n) is 3.52. The number of carbonyl (C=O) groups is 1. The van der Waals surface area contributed by atoms with E-state index in [1.165, 1.54) is 12.1 Å². The van der Waals surface area contributed by atoms with Gasteiger partial charge in [-0.15, -0.1) is 0 Å². The standard InChI is InChI=1S/C14H18FNO2/c1-10-9-11(5-6-13(10)15)14(18)16(7-8-17)12-3-2-4-12/h5-6,9,12,17H,2-4,7-8H2,1H3. The van der Waals surface area contributed by atoms with Crippen LogP contribution in [-0.4, -0.2) is 35.1 Å². The van der Waals surface area contributed by atoms with Gasteiger partial charge in [0.15, 0.2) is 0 Å². The van der Waals surface area contributed by atoms with E-state index in [1.807, 2.05) is 0 Å². The lowest BCUT2D eigenvalue weighted by Crippen LogP contribution is -2.45. The number of halogens is 1. The van der Waals surface area contributed by atoms with Crippen molar-refractivity contribution in [3.8, 4) is 0 Å². The van der Waals surface area contributed by atoms with Gasteiger partial charge in [-0.05, 0) is 49.9 Å². The highest BCUT2D eigenvalue weighted by molar-refractivity contribution is 5.94. The summed E-state index contributed by atoms with van der Waals surface area (Å²) in [5, 5.41) is 9.05. The molecule has 0 bridgehead atoms. The number of hydrogen-bond donors (Lipinski definition) is 1. The van der Waals surface area contributed by atoms with E-state index in [2.05, 4.69) is 0 Å². The van der Waals surface area contributed by atoms with Gasteiger partial charge in [-0.1, -0.05) is 0 Å². The first-order chi connectivity index (χ1) is 8.63. The second kappa shape index (κ2) is 5.48. The number of rotatable bonds is 4.